The van der Waals surface area contributed by atoms with Crippen molar-refractivity contribution < 1.29 is 4.79 Å². The number of halogens is 3. The first-order chi connectivity index (χ1) is 9.00. The topological polar surface area (TPSA) is 46.3 Å². The molecule has 0 aromatic heterocycles. The standard InChI is InChI=1S/C14H18BrClN2O.ClH/c1-9(17)13-4-2-3-7-18(13)14(19)11-6-5-10(16)8-12(11)15;/h5-6,8-9,13H,2-4,7,17H2,1H3;1H. The van der Waals surface area contributed by atoms with Gasteiger partial charge in [-0.3, -0.25) is 4.79 Å². The SMILES string of the molecule is CC(N)C1CCCCN1C(=O)c1ccc(Cl)cc1Br.Cl. The van der Waals surface area contributed by atoms with Gasteiger partial charge in [0.15, 0.2) is 0 Å². The Kier molecular flexibility index (Phi) is 6.79. The van der Waals surface area contributed by atoms with Gasteiger partial charge in [0.2, 0.25) is 0 Å². The molecule has 0 saturated carbocycles. The van der Waals surface area contributed by atoms with Crippen molar-refractivity contribution in [3.05, 3.63) is 33.3 Å². The van der Waals surface area contributed by atoms with Gasteiger partial charge in [0.25, 0.3) is 5.91 Å². The summed E-state index contributed by atoms with van der Waals surface area (Å²) in [7, 11) is 0. The summed E-state index contributed by atoms with van der Waals surface area (Å²) < 4.78 is 0.735. The van der Waals surface area contributed by atoms with Gasteiger partial charge < -0.3 is 10.6 Å². The Labute approximate surface area is 139 Å². The largest absolute Gasteiger partial charge is 0.334 e. The second kappa shape index (κ2) is 7.64. The lowest BCUT2D eigenvalue weighted by molar-refractivity contribution is 0.0583. The van der Waals surface area contributed by atoms with E-state index in [1.807, 2.05) is 11.8 Å². The summed E-state index contributed by atoms with van der Waals surface area (Å²) in [6, 6.07) is 5.38. The summed E-state index contributed by atoms with van der Waals surface area (Å²) in [4.78, 5) is 14.5. The number of carbonyl (C=O) groups is 1. The molecule has 2 unspecified atom stereocenters. The zero-order chi connectivity index (χ0) is 14.0. The summed E-state index contributed by atoms with van der Waals surface area (Å²) in [6.07, 6.45) is 3.16. The van der Waals surface area contributed by atoms with E-state index in [9.17, 15) is 4.79 Å². The fraction of sp³-hybridized carbons (Fsp3) is 0.500. The van der Waals surface area contributed by atoms with Crippen molar-refractivity contribution in [1.82, 2.24) is 4.90 Å². The molecule has 0 radical (unpaired) electrons. The first-order valence-corrected chi connectivity index (χ1v) is 7.69. The third-order valence-corrected chi connectivity index (χ3v) is 4.47. The molecule has 1 aliphatic rings. The van der Waals surface area contributed by atoms with Crippen LogP contribution in [0.4, 0.5) is 0 Å². The summed E-state index contributed by atoms with van der Waals surface area (Å²) in [6.45, 7) is 2.74. The van der Waals surface area contributed by atoms with E-state index < -0.39 is 0 Å². The Hall–Kier alpha value is -0.290. The van der Waals surface area contributed by atoms with Crippen LogP contribution in [0.1, 0.15) is 36.5 Å². The fourth-order valence-corrected chi connectivity index (χ4v) is 3.43. The van der Waals surface area contributed by atoms with Crippen LogP contribution in [0.25, 0.3) is 0 Å². The predicted octanol–water partition coefficient (Wildman–Crippen LogP) is 3.87. The van der Waals surface area contributed by atoms with E-state index in [4.69, 9.17) is 17.3 Å². The van der Waals surface area contributed by atoms with Gasteiger partial charge in [-0.1, -0.05) is 11.6 Å². The molecule has 0 aliphatic carbocycles. The zero-order valence-electron chi connectivity index (χ0n) is 11.3. The average Bonchev–Trinajstić information content (AvgIpc) is 2.38. The Balaban J connectivity index is 0.00000200. The van der Waals surface area contributed by atoms with Gasteiger partial charge in [0.05, 0.1) is 5.56 Å². The smallest absolute Gasteiger partial charge is 0.255 e. The third-order valence-electron chi connectivity index (χ3n) is 3.58. The normalized spacial score (nSPS) is 20.2. The van der Waals surface area contributed by atoms with Crippen LogP contribution in [0.5, 0.6) is 0 Å². The molecule has 1 heterocycles. The van der Waals surface area contributed by atoms with Gasteiger partial charge in [0, 0.05) is 28.1 Å². The van der Waals surface area contributed by atoms with Gasteiger partial charge in [0.1, 0.15) is 0 Å². The van der Waals surface area contributed by atoms with Gasteiger partial charge in [-0.25, -0.2) is 0 Å². The molecule has 1 fully saturated rings. The highest BCUT2D eigenvalue weighted by Gasteiger charge is 2.30. The molecule has 0 spiro atoms. The number of benzene rings is 1. The maximum absolute atomic E-state index is 12.6. The first-order valence-electron chi connectivity index (χ1n) is 6.52. The van der Waals surface area contributed by atoms with E-state index in [0.29, 0.717) is 10.6 Å². The lowest BCUT2D eigenvalue weighted by Crippen LogP contribution is -2.51. The van der Waals surface area contributed by atoms with Crippen LogP contribution in [0.2, 0.25) is 5.02 Å². The fourth-order valence-electron chi connectivity index (χ4n) is 2.57. The van der Waals surface area contributed by atoms with Gasteiger partial charge >= 0.3 is 0 Å². The van der Waals surface area contributed by atoms with Crippen molar-refractivity contribution in [2.24, 2.45) is 5.73 Å². The number of nitrogens with zero attached hydrogens (tertiary/aromatic N) is 1. The molecule has 0 bridgehead atoms. The Bertz CT molecular complexity index is 482. The molecule has 112 valence electrons. The highest BCUT2D eigenvalue weighted by molar-refractivity contribution is 9.10. The molecule has 1 aromatic carbocycles. The van der Waals surface area contributed by atoms with Crippen LogP contribution in [0.3, 0.4) is 0 Å². The molecule has 2 N–H and O–H groups in total. The monoisotopic (exact) mass is 380 g/mol. The Morgan fingerprint density at radius 1 is 1.50 bits per heavy atom. The Morgan fingerprint density at radius 3 is 2.80 bits per heavy atom. The van der Waals surface area contributed by atoms with Crippen LogP contribution in [0.15, 0.2) is 22.7 Å². The minimum atomic E-state index is -0.00433. The molecule has 1 saturated heterocycles. The molecule has 2 rings (SSSR count). The van der Waals surface area contributed by atoms with E-state index in [-0.39, 0.29) is 30.4 Å². The van der Waals surface area contributed by atoms with Crippen molar-refractivity contribution in [2.45, 2.75) is 38.3 Å². The minimum Gasteiger partial charge on any atom is -0.334 e. The molecular formula is C14H19BrCl2N2O. The average molecular weight is 382 g/mol. The second-order valence-corrected chi connectivity index (χ2v) is 6.34. The van der Waals surface area contributed by atoms with E-state index >= 15 is 0 Å². The molecule has 1 aromatic rings. The summed E-state index contributed by atoms with van der Waals surface area (Å²) in [5, 5.41) is 0.616. The number of likely N-dealkylation sites (tertiary alicyclic amines) is 1. The molecule has 1 aliphatic heterocycles. The molecule has 1 amide bonds. The predicted molar refractivity (Wildman–Crippen MR) is 88.7 cm³/mol. The number of hydrogen-bond donors (Lipinski definition) is 1. The van der Waals surface area contributed by atoms with Crippen LogP contribution >= 0.6 is 39.9 Å². The van der Waals surface area contributed by atoms with Crippen LogP contribution < -0.4 is 5.73 Å². The highest BCUT2D eigenvalue weighted by atomic mass is 79.9. The number of rotatable bonds is 2. The number of hydrogen-bond acceptors (Lipinski definition) is 2. The van der Waals surface area contributed by atoms with Crippen LogP contribution in [-0.4, -0.2) is 29.4 Å². The van der Waals surface area contributed by atoms with Gasteiger partial charge in [-0.15, -0.1) is 12.4 Å². The highest BCUT2D eigenvalue weighted by Crippen LogP contribution is 2.26. The number of carbonyl (C=O) groups excluding carboxylic acids is 1. The molecule has 20 heavy (non-hydrogen) atoms. The quantitative estimate of drug-likeness (QED) is 0.845. The molecule has 2 atom stereocenters. The van der Waals surface area contributed by atoms with E-state index in [1.165, 1.54) is 0 Å². The van der Waals surface area contributed by atoms with Crippen LogP contribution in [0, 0.1) is 0 Å². The number of amides is 1. The van der Waals surface area contributed by atoms with E-state index in [0.717, 1.165) is 30.3 Å². The van der Waals surface area contributed by atoms with Crippen molar-refractivity contribution in [1.29, 1.82) is 0 Å². The van der Waals surface area contributed by atoms with Crippen molar-refractivity contribution in [3.63, 3.8) is 0 Å². The minimum absolute atomic E-state index is 0. The van der Waals surface area contributed by atoms with Gasteiger partial charge in [-0.05, 0) is 60.3 Å². The molecule has 6 heteroatoms. The third kappa shape index (κ3) is 3.88. The lowest BCUT2D eigenvalue weighted by Gasteiger charge is -2.38. The van der Waals surface area contributed by atoms with Crippen molar-refractivity contribution >= 4 is 45.8 Å². The maximum atomic E-state index is 12.6. The van der Waals surface area contributed by atoms with Crippen molar-refractivity contribution in [3.8, 4) is 0 Å². The lowest BCUT2D eigenvalue weighted by atomic mass is 9.96. The number of piperidine rings is 1. The zero-order valence-corrected chi connectivity index (χ0v) is 14.5. The Morgan fingerprint density at radius 2 is 2.20 bits per heavy atom. The first kappa shape index (κ1) is 17.8. The number of nitrogens with two attached hydrogens (primary N) is 1. The van der Waals surface area contributed by atoms with E-state index in [2.05, 4.69) is 15.9 Å². The van der Waals surface area contributed by atoms with Crippen molar-refractivity contribution in [2.75, 3.05) is 6.54 Å². The van der Waals surface area contributed by atoms with Gasteiger partial charge in [-0.2, -0.15) is 0 Å². The summed E-state index contributed by atoms with van der Waals surface area (Å²) >= 11 is 9.32. The van der Waals surface area contributed by atoms with E-state index in [1.54, 1.807) is 18.2 Å². The molecular weight excluding hydrogens is 363 g/mol. The maximum Gasteiger partial charge on any atom is 0.255 e. The second-order valence-electron chi connectivity index (χ2n) is 5.04. The summed E-state index contributed by atoms with van der Waals surface area (Å²) in [5.41, 5.74) is 6.66. The van der Waals surface area contributed by atoms with Crippen LogP contribution in [-0.2, 0) is 0 Å². The molecule has 3 nitrogen and oxygen atoms in total. The summed E-state index contributed by atoms with van der Waals surface area (Å²) in [5.74, 6) is 0.0329.